The average Bonchev–Trinajstić information content (AvgIpc) is 3.60. The van der Waals surface area contributed by atoms with E-state index in [9.17, 15) is 0 Å². The van der Waals surface area contributed by atoms with Gasteiger partial charge in [-0.3, -0.25) is 0 Å². The van der Waals surface area contributed by atoms with Crippen molar-refractivity contribution in [3.63, 3.8) is 0 Å². The predicted octanol–water partition coefficient (Wildman–Crippen LogP) is 11.8. The summed E-state index contributed by atoms with van der Waals surface area (Å²) in [6.45, 7) is 0. The molecule has 0 fully saturated rings. The zero-order valence-electron chi connectivity index (χ0n) is 23.0. The quantitative estimate of drug-likeness (QED) is 0.205. The van der Waals surface area contributed by atoms with Crippen molar-refractivity contribution in [2.75, 3.05) is 0 Å². The second-order valence-corrected chi connectivity index (χ2v) is 12.3. The number of aromatic nitrogens is 1. The van der Waals surface area contributed by atoms with Crippen LogP contribution in [0.5, 0.6) is 0 Å². The van der Waals surface area contributed by atoms with Gasteiger partial charge in [-0.25, -0.2) is 0 Å². The fourth-order valence-electron chi connectivity index (χ4n) is 6.82. The van der Waals surface area contributed by atoms with E-state index in [2.05, 4.69) is 144 Å². The summed E-state index contributed by atoms with van der Waals surface area (Å²) >= 11 is 1.90. The highest BCUT2D eigenvalue weighted by Gasteiger charge is 2.20. The van der Waals surface area contributed by atoms with E-state index in [1.165, 1.54) is 80.7 Å². The van der Waals surface area contributed by atoms with Crippen molar-refractivity contribution < 1.29 is 0 Å². The topological polar surface area (TPSA) is 4.93 Å². The van der Waals surface area contributed by atoms with Gasteiger partial charge in [0, 0.05) is 36.6 Å². The Morgan fingerprint density at radius 2 is 1.29 bits per heavy atom. The summed E-state index contributed by atoms with van der Waals surface area (Å²) in [5.41, 5.74) is 8.96. The van der Waals surface area contributed by atoms with Gasteiger partial charge >= 0.3 is 0 Å². The van der Waals surface area contributed by atoms with Crippen molar-refractivity contribution in [3.8, 4) is 22.3 Å². The molecule has 0 aliphatic heterocycles. The molecule has 0 N–H and O–H groups in total. The van der Waals surface area contributed by atoms with Gasteiger partial charge in [-0.2, -0.15) is 0 Å². The third-order valence-corrected chi connectivity index (χ3v) is 9.97. The molecular weight excluding hydrogens is 527 g/mol. The molecular formula is C40H27NS. The van der Waals surface area contributed by atoms with Crippen LogP contribution in [0.1, 0.15) is 12.8 Å². The Bertz CT molecular complexity index is 2400. The fourth-order valence-corrected chi connectivity index (χ4v) is 7.91. The lowest BCUT2D eigenvalue weighted by Crippen LogP contribution is -1.98. The van der Waals surface area contributed by atoms with Crippen molar-refractivity contribution >= 4 is 69.8 Å². The molecule has 9 rings (SSSR count). The number of rotatable bonds is 3. The van der Waals surface area contributed by atoms with Crippen LogP contribution in [0.15, 0.2) is 140 Å². The first-order valence-corrected chi connectivity index (χ1v) is 15.5. The van der Waals surface area contributed by atoms with E-state index in [0.29, 0.717) is 0 Å². The highest BCUT2D eigenvalue weighted by molar-refractivity contribution is 7.26. The predicted molar refractivity (Wildman–Crippen MR) is 183 cm³/mol. The minimum atomic E-state index is 1.04. The number of hydrogen-bond donors (Lipinski definition) is 0. The number of nitrogens with zero attached hydrogens (tertiary/aromatic N) is 1. The highest BCUT2D eigenvalue weighted by Crippen LogP contribution is 2.45. The van der Waals surface area contributed by atoms with Gasteiger partial charge in [0.05, 0.1) is 11.0 Å². The Balaban J connectivity index is 1.36. The maximum Gasteiger partial charge on any atom is 0.0545 e. The SMILES string of the molecule is C1=CCCC(n2c3cc(-c4ccc5ccccc5c4)ccc3c3c4c(ccc32)sc2ccc(-c3ccccc3)cc24)=C1. The summed E-state index contributed by atoms with van der Waals surface area (Å²) in [6, 6.07) is 44.9. The van der Waals surface area contributed by atoms with Crippen molar-refractivity contribution in [3.05, 3.63) is 140 Å². The van der Waals surface area contributed by atoms with Crippen LogP contribution in [0, 0.1) is 0 Å². The molecule has 0 bridgehead atoms. The van der Waals surface area contributed by atoms with Crippen LogP contribution in [-0.2, 0) is 0 Å². The number of fused-ring (bicyclic) bond motifs is 8. The number of allylic oxidation sites excluding steroid dienone is 4. The summed E-state index contributed by atoms with van der Waals surface area (Å²) in [5, 5.41) is 7.95. The zero-order chi connectivity index (χ0) is 27.6. The van der Waals surface area contributed by atoms with Crippen LogP contribution in [0.2, 0.25) is 0 Å². The van der Waals surface area contributed by atoms with E-state index in [0.717, 1.165) is 12.8 Å². The van der Waals surface area contributed by atoms with Gasteiger partial charge in [-0.15, -0.1) is 11.3 Å². The minimum Gasteiger partial charge on any atom is -0.313 e. The van der Waals surface area contributed by atoms with Crippen molar-refractivity contribution in [2.24, 2.45) is 0 Å². The van der Waals surface area contributed by atoms with Crippen molar-refractivity contribution in [1.82, 2.24) is 4.57 Å². The molecule has 2 aromatic heterocycles. The summed E-state index contributed by atoms with van der Waals surface area (Å²) in [6.07, 6.45) is 8.90. The molecule has 42 heavy (non-hydrogen) atoms. The van der Waals surface area contributed by atoms with Gasteiger partial charge in [0.15, 0.2) is 0 Å². The van der Waals surface area contributed by atoms with Crippen molar-refractivity contribution in [2.45, 2.75) is 12.8 Å². The average molecular weight is 554 g/mol. The largest absolute Gasteiger partial charge is 0.313 e. The lowest BCUT2D eigenvalue weighted by atomic mass is 9.98. The Morgan fingerprint density at radius 3 is 2.17 bits per heavy atom. The molecule has 2 heterocycles. The maximum atomic E-state index is 2.53. The van der Waals surface area contributed by atoms with Gasteiger partial charge in [0.1, 0.15) is 0 Å². The Labute approximate surface area is 248 Å². The number of thiophene rings is 1. The molecule has 0 atom stereocenters. The van der Waals surface area contributed by atoms with E-state index in [1.54, 1.807) is 0 Å². The molecule has 8 aromatic rings. The van der Waals surface area contributed by atoms with Crippen LogP contribution < -0.4 is 0 Å². The Morgan fingerprint density at radius 1 is 0.524 bits per heavy atom. The highest BCUT2D eigenvalue weighted by atomic mass is 32.1. The van der Waals surface area contributed by atoms with Gasteiger partial charge in [0.25, 0.3) is 0 Å². The number of hydrogen-bond acceptors (Lipinski definition) is 1. The van der Waals surface area contributed by atoms with Gasteiger partial charge in [-0.05, 0) is 88.3 Å². The third kappa shape index (κ3) is 3.62. The first-order chi connectivity index (χ1) is 20.8. The zero-order valence-corrected chi connectivity index (χ0v) is 23.9. The van der Waals surface area contributed by atoms with E-state index in [1.807, 2.05) is 11.3 Å². The Kier molecular flexibility index (Phi) is 5.26. The standard InChI is InChI=1S/C40H27NS/c1-3-9-26(10-4-1)30-18-21-37-34(24-30)40-38(42-37)22-20-35-39(40)33-19-17-31(25-36(33)41(35)32-13-5-2-6-14-32)29-16-15-27-11-7-8-12-28(27)23-29/h1-5,7-13,15-25H,6,14H2. The molecule has 0 amide bonds. The minimum absolute atomic E-state index is 1.04. The molecule has 1 nitrogen and oxygen atoms in total. The van der Waals surface area contributed by atoms with Gasteiger partial charge in [0.2, 0.25) is 0 Å². The van der Waals surface area contributed by atoms with E-state index >= 15 is 0 Å². The van der Waals surface area contributed by atoms with E-state index in [4.69, 9.17) is 0 Å². The van der Waals surface area contributed by atoms with E-state index < -0.39 is 0 Å². The second-order valence-electron chi connectivity index (χ2n) is 11.3. The molecule has 0 unspecified atom stereocenters. The molecule has 198 valence electrons. The van der Waals surface area contributed by atoms with Crippen LogP contribution in [0.25, 0.3) is 80.7 Å². The maximum absolute atomic E-state index is 2.53. The number of benzene rings is 6. The normalized spacial score (nSPS) is 13.6. The lowest BCUT2D eigenvalue weighted by Gasteiger charge is -2.14. The molecule has 1 aliphatic rings. The fraction of sp³-hybridized carbons (Fsp3) is 0.0500. The molecule has 6 aromatic carbocycles. The lowest BCUT2D eigenvalue weighted by molar-refractivity contribution is 0.979. The van der Waals surface area contributed by atoms with Gasteiger partial charge < -0.3 is 4.57 Å². The molecule has 0 saturated heterocycles. The third-order valence-electron chi connectivity index (χ3n) is 8.83. The smallest absolute Gasteiger partial charge is 0.0545 e. The van der Waals surface area contributed by atoms with Crippen LogP contribution in [0.3, 0.4) is 0 Å². The van der Waals surface area contributed by atoms with Crippen molar-refractivity contribution in [1.29, 1.82) is 0 Å². The van der Waals surface area contributed by atoms with Crippen LogP contribution in [0.4, 0.5) is 0 Å². The molecule has 2 heteroatoms. The van der Waals surface area contributed by atoms with Crippen LogP contribution in [-0.4, -0.2) is 4.57 Å². The Hall–Kier alpha value is -4.92. The summed E-state index contributed by atoms with van der Waals surface area (Å²) in [5.74, 6) is 0. The summed E-state index contributed by atoms with van der Waals surface area (Å²) < 4.78 is 5.21. The molecule has 1 aliphatic carbocycles. The monoisotopic (exact) mass is 553 g/mol. The summed E-state index contributed by atoms with van der Waals surface area (Å²) in [4.78, 5) is 0. The van der Waals surface area contributed by atoms with Gasteiger partial charge in [-0.1, -0.05) is 97.1 Å². The molecule has 0 radical (unpaired) electrons. The van der Waals surface area contributed by atoms with Crippen LogP contribution >= 0.6 is 11.3 Å². The molecule has 0 spiro atoms. The second kappa shape index (κ2) is 9.30. The summed E-state index contributed by atoms with van der Waals surface area (Å²) in [7, 11) is 0. The first kappa shape index (κ1) is 23.8. The molecule has 0 saturated carbocycles. The van der Waals surface area contributed by atoms with E-state index in [-0.39, 0.29) is 0 Å². The first-order valence-electron chi connectivity index (χ1n) is 14.7.